The lowest BCUT2D eigenvalue weighted by Gasteiger charge is -2.08. The topological polar surface area (TPSA) is 44.1 Å². The highest BCUT2D eigenvalue weighted by atomic mass is 79.9. The molecule has 1 heterocycles. The fourth-order valence-corrected chi connectivity index (χ4v) is 2.49. The average Bonchev–Trinajstić information content (AvgIpc) is 2.78. The van der Waals surface area contributed by atoms with Crippen molar-refractivity contribution in [2.75, 3.05) is 6.61 Å². The Morgan fingerprint density at radius 2 is 2.30 bits per heavy atom. The minimum atomic E-state index is -0.122. The van der Waals surface area contributed by atoms with E-state index in [-0.39, 0.29) is 12.4 Å². The second-order valence-corrected chi connectivity index (χ2v) is 5.52. The summed E-state index contributed by atoms with van der Waals surface area (Å²) in [6, 6.07) is 6.97. The molecule has 0 spiro atoms. The van der Waals surface area contributed by atoms with Crippen molar-refractivity contribution in [2.45, 2.75) is 19.9 Å². The Hall–Kier alpha value is -1.33. The van der Waals surface area contributed by atoms with E-state index in [9.17, 15) is 4.79 Å². The average molecular weight is 358 g/mol. The van der Waals surface area contributed by atoms with Crippen LogP contribution in [0, 0.1) is 0 Å². The summed E-state index contributed by atoms with van der Waals surface area (Å²) in [5.41, 5.74) is 0.536. The maximum atomic E-state index is 12.2. The largest absolute Gasteiger partial charge is 0.485 e. The maximum absolute atomic E-state index is 12.2. The standard InChI is InChI=1S/C14H14BrClN2O2/c1-2-6-18-14(12(15)8-17-18)13(19)9-20-11-5-3-4-10(16)7-11/h3-5,7-8H,2,6,9H2,1H3. The number of rotatable bonds is 6. The molecule has 106 valence electrons. The molecule has 4 nitrogen and oxygen atoms in total. The molecule has 0 radical (unpaired) electrons. The van der Waals surface area contributed by atoms with E-state index in [2.05, 4.69) is 21.0 Å². The van der Waals surface area contributed by atoms with Crippen molar-refractivity contribution in [3.63, 3.8) is 0 Å². The molecule has 0 saturated heterocycles. The van der Waals surface area contributed by atoms with Crippen LogP contribution in [0.15, 0.2) is 34.9 Å². The van der Waals surface area contributed by atoms with E-state index in [0.29, 0.717) is 27.5 Å². The highest BCUT2D eigenvalue weighted by molar-refractivity contribution is 9.10. The first-order valence-corrected chi connectivity index (χ1v) is 7.41. The van der Waals surface area contributed by atoms with Gasteiger partial charge in [-0.05, 0) is 40.5 Å². The van der Waals surface area contributed by atoms with Crippen LogP contribution in [0.1, 0.15) is 23.8 Å². The van der Waals surface area contributed by atoms with Crippen LogP contribution in [0.2, 0.25) is 5.02 Å². The molecule has 0 atom stereocenters. The van der Waals surface area contributed by atoms with Gasteiger partial charge in [-0.3, -0.25) is 9.48 Å². The van der Waals surface area contributed by atoms with Gasteiger partial charge >= 0.3 is 0 Å². The van der Waals surface area contributed by atoms with Crippen molar-refractivity contribution in [2.24, 2.45) is 0 Å². The van der Waals surface area contributed by atoms with Crippen molar-refractivity contribution >= 4 is 33.3 Å². The lowest BCUT2D eigenvalue weighted by Crippen LogP contribution is -2.17. The second-order valence-electron chi connectivity index (χ2n) is 4.23. The number of aryl methyl sites for hydroxylation is 1. The fraction of sp³-hybridized carbons (Fsp3) is 0.286. The number of ether oxygens (including phenoxy) is 1. The van der Waals surface area contributed by atoms with Crippen LogP contribution < -0.4 is 4.74 Å². The number of hydrogen-bond donors (Lipinski definition) is 0. The summed E-state index contributed by atoms with van der Waals surface area (Å²) in [4.78, 5) is 12.2. The molecule has 2 rings (SSSR count). The second kappa shape index (κ2) is 6.90. The molecule has 1 aromatic heterocycles. The molecule has 0 unspecified atom stereocenters. The van der Waals surface area contributed by atoms with Crippen molar-refractivity contribution in [1.82, 2.24) is 9.78 Å². The molecule has 20 heavy (non-hydrogen) atoms. The van der Waals surface area contributed by atoms with E-state index in [1.165, 1.54) is 0 Å². The number of hydrogen-bond acceptors (Lipinski definition) is 3. The van der Waals surface area contributed by atoms with E-state index in [1.807, 2.05) is 6.92 Å². The zero-order valence-corrected chi connectivity index (χ0v) is 13.3. The molecular formula is C14H14BrClN2O2. The van der Waals surface area contributed by atoms with Gasteiger partial charge in [0.05, 0.1) is 10.7 Å². The lowest BCUT2D eigenvalue weighted by molar-refractivity contribution is 0.0909. The SMILES string of the molecule is CCCn1ncc(Br)c1C(=O)COc1cccc(Cl)c1. The van der Waals surface area contributed by atoms with Gasteiger partial charge in [0.1, 0.15) is 11.4 Å². The predicted molar refractivity (Wildman–Crippen MR) is 81.5 cm³/mol. The molecule has 0 bridgehead atoms. The fourth-order valence-electron chi connectivity index (χ4n) is 1.80. The summed E-state index contributed by atoms with van der Waals surface area (Å²) < 4.78 is 7.84. The third-order valence-electron chi connectivity index (χ3n) is 2.66. The summed E-state index contributed by atoms with van der Waals surface area (Å²) in [6.07, 6.45) is 2.53. The van der Waals surface area contributed by atoms with Crippen LogP contribution in [0.4, 0.5) is 0 Å². The van der Waals surface area contributed by atoms with Gasteiger partial charge in [0.2, 0.25) is 5.78 Å². The van der Waals surface area contributed by atoms with Crippen molar-refractivity contribution < 1.29 is 9.53 Å². The van der Waals surface area contributed by atoms with Crippen molar-refractivity contribution in [3.05, 3.63) is 45.7 Å². The number of benzene rings is 1. The molecule has 0 amide bonds. The number of nitrogens with zero attached hydrogens (tertiary/aromatic N) is 2. The Kier molecular flexibility index (Phi) is 5.20. The summed E-state index contributed by atoms with van der Waals surface area (Å²) in [5.74, 6) is 0.450. The van der Waals surface area contributed by atoms with Gasteiger partial charge in [0.25, 0.3) is 0 Å². The first kappa shape index (κ1) is 15.1. The first-order chi connectivity index (χ1) is 9.61. The van der Waals surface area contributed by atoms with Gasteiger partial charge in [-0.1, -0.05) is 24.6 Å². The van der Waals surface area contributed by atoms with Gasteiger partial charge in [0, 0.05) is 11.6 Å². The van der Waals surface area contributed by atoms with E-state index < -0.39 is 0 Å². The van der Waals surface area contributed by atoms with Crippen LogP contribution in [0.3, 0.4) is 0 Å². The third-order valence-corrected chi connectivity index (χ3v) is 3.48. The minimum absolute atomic E-state index is 0.0473. The minimum Gasteiger partial charge on any atom is -0.485 e. The smallest absolute Gasteiger partial charge is 0.219 e. The Bertz CT molecular complexity index is 613. The molecule has 0 aliphatic carbocycles. The van der Waals surface area contributed by atoms with Gasteiger partial charge in [0.15, 0.2) is 6.61 Å². The number of ketones is 1. The molecular weight excluding hydrogens is 344 g/mol. The zero-order valence-electron chi connectivity index (χ0n) is 11.0. The molecule has 6 heteroatoms. The molecule has 0 aliphatic rings. The number of carbonyl (C=O) groups is 1. The normalized spacial score (nSPS) is 10.6. The number of aromatic nitrogens is 2. The number of halogens is 2. The van der Waals surface area contributed by atoms with E-state index in [4.69, 9.17) is 16.3 Å². The van der Waals surface area contributed by atoms with E-state index >= 15 is 0 Å². The zero-order chi connectivity index (χ0) is 14.5. The Labute approximate surface area is 130 Å². The van der Waals surface area contributed by atoms with Gasteiger partial charge in [-0.25, -0.2) is 0 Å². The summed E-state index contributed by atoms with van der Waals surface area (Å²) >= 11 is 9.21. The highest BCUT2D eigenvalue weighted by Crippen LogP contribution is 2.20. The third kappa shape index (κ3) is 3.61. The van der Waals surface area contributed by atoms with Gasteiger partial charge < -0.3 is 4.74 Å². The number of Topliss-reactive ketones (excluding diaryl/α,β-unsaturated/α-hetero) is 1. The number of carbonyl (C=O) groups excluding carboxylic acids is 1. The summed E-state index contributed by atoms with van der Waals surface area (Å²) in [6.45, 7) is 2.69. The van der Waals surface area contributed by atoms with E-state index in [0.717, 1.165) is 6.42 Å². The van der Waals surface area contributed by atoms with Crippen LogP contribution in [0.25, 0.3) is 0 Å². The molecule has 1 aromatic carbocycles. The Balaban J connectivity index is 2.07. The quantitative estimate of drug-likeness (QED) is 0.735. The maximum Gasteiger partial charge on any atom is 0.219 e. The highest BCUT2D eigenvalue weighted by Gasteiger charge is 2.17. The van der Waals surface area contributed by atoms with Crippen molar-refractivity contribution in [3.8, 4) is 5.75 Å². The van der Waals surface area contributed by atoms with Gasteiger partial charge in [-0.2, -0.15) is 5.10 Å². The van der Waals surface area contributed by atoms with Crippen LogP contribution in [-0.4, -0.2) is 22.2 Å². The monoisotopic (exact) mass is 356 g/mol. The predicted octanol–water partition coefficient (Wildman–Crippen LogP) is 3.97. The van der Waals surface area contributed by atoms with Crippen LogP contribution in [-0.2, 0) is 6.54 Å². The van der Waals surface area contributed by atoms with E-state index in [1.54, 1.807) is 35.1 Å². The Morgan fingerprint density at radius 1 is 1.50 bits per heavy atom. The van der Waals surface area contributed by atoms with Crippen LogP contribution >= 0.6 is 27.5 Å². The Morgan fingerprint density at radius 3 is 3.00 bits per heavy atom. The summed E-state index contributed by atoms with van der Waals surface area (Å²) in [5, 5.41) is 4.74. The lowest BCUT2D eigenvalue weighted by atomic mass is 10.3. The van der Waals surface area contributed by atoms with Crippen molar-refractivity contribution in [1.29, 1.82) is 0 Å². The first-order valence-electron chi connectivity index (χ1n) is 6.24. The summed E-state index contributed by atoms with van der Waals surface area (Å²) in [7, 11) is 0. The molecule has 2 aromatic rings. The molecule has 0 N–H and O–H groups in total. The van der Waals surface area contributed by atoms with Crippen LogP contribution in [0.5, 0.6) is 5.75 Å². The molecule has 0 aliphatic heterocycles. The van der Waals surface area contributed by atoms with Gasteiger partial charge in [-0.15, -0.1) is 0 Å². The molecule has 0 saturated carbocycles. The molecule has 0 fully saturated rings.